The van der Waals surface area contributed by atoms with Gasteiger partial charge in [-0.3, -0.25) is 9.89 Å². The Morgan fingerprint density at radius 3 is 2.52 bits per heavy atom. The Labute approximate surface area is 170 Å². The van der Waals surface area contributed by atoms with E-state index < -0.39 is 0 Å². The Morgan fingerprint density at radius 1 is 1.28 bits per heavy atom. The van der Waals surface area contributed by atoms with Crippen LogP contribution in [0.1, 0.15) is 19.5 Å². The Balaban J connectivity index is 0.00000312. The fourth-order valence-corrected chi connectivity index (χ4v) is 3.05. The minimum absolute atomic E-state index is 0. The lowest BCUT2D eigenvalue weighted by atomic mass is 10.2. The molecule has 1 aromatic heterocycles. The molecule has 0 amide bonds. The molecule has 1 fully saturated rings. The van der Waals surface area contributed by atoms with Gasteiger partial charge in [-0.05, 0) is 33.0 Å². The smallest absolute Gasteiger partial charge is 0.194 e. The number of nitrogens with one attached hydrogen (secondary N) is 1. The largest absolute Gasteiger partial charge is 0.357 e. The van der Waals surface area contributed by atoms with Crippen LogP contribution in [-0.4, -0.2) is 84.6 Å². The summed E-state index contributed by atoms with van der Waals surface area (Å²) in [5.41, 5.74) is 1.29. The number of likely N-dealkylation sites (N-methyl/N-ethyl adjacent to an activating group) is 1. The Kier molecular flexibility index (Phi) is 9.81. The number of halogens is 1. The number of aliphatic imine (C=N–C) groups is 1. The van der Waals surface area contributed by atoms with Crippen molar-refractivity contribution < 1.29 is 0 Å². The zero-order chi connectivity index (χ0) is 17.5. The lowest BCUT2D eigenvalue weighted by Gasteiger charge is -2.36. The normalized spacial score (nSPS) is 17.9. The van der Waals surface area contributed by atoms with Gasteiger partial charge in [-0.15, -0.1) is 24.0 Å². The summed E-state index contributed by atoms with van der Waals surface area (Å²) in [5.74, 6) is 0.986. The highest BCUT2D eigenvalue weighted by atomic mass is 127. The van der Waals surface area contributed by atoms with Crippen LogP contribution in [0.3, 0.4) is 0 Å². The van der Waals surface area contributed by atoms with Gasteiger partial charge >= 0.3 is 0 Å². The molecule has 2 rings (SSSR count). The van der Waals surface area contributed by atoms with Crippen molar-refractivity contribution in [3.05, 3.63) is 24.0 Å². The standard InChI is InChI=1S/C18H34N6.HI/c1-6-19-18(23(5)15-17-8-7-9-22(17)4)20-14-16(2)24-12-10-21(3)11-13-24;/h7-9,16H,6,10-15H2,1-5H3,(H,19,20);1H. The molecule has 0 radical (unpaired) electrons. The Bertz CT molecular complexity index is 521. The summed E-state index contributed by atoms with van der Waals surface area (Å²) in [4.78, 5) is 12.0. The summed E-state index contributed by atoms with van der Waals surface area (Å²) in [7, 11) is 6.39. The quantitative estimate of drug-likeness (QED) is 0.397. The first kappa shape index (κ1) is 22.2. The molecule has 25 heavy (non-hydrogen) atoms. The second-order valence-corrected chi connectivity index (χ2v) is 6.85. The number of guanidine groups is 1. The Morgan fingerprint density at radius 2 is 1.96 bits per heavy atom. The van der Waals surface area contributed by atoms with Crippen LogP contribution in [0.15, 0.2) is 23.3 Å². The molecule has 1 N–H and O–H groups in total. The number of nitrogens with zero attached hydrogens (tertiary/aromatic N) is 5. The molecular formula is C18H35IN6. The number of hydrogen-bond acceptors (Lipinski definition) is 3. The van der Waals surface area contributed by atoms with Crippen LogP contribution in [0.25, 0.3) is 0 Å². The zero-order valence-corrected chi connectivity index (χ0v) is 18.7. The molecule has 0 spiro atoms. The van der Waals surface area contributed by atoms with E-state index in [1.54, 1.807) is 0 Å². The number of aryl methyl sites for hydroxylation is 1. The van der Waals surface area contributed by atoms with Crippen LogP contribution in [-0.2, 0) is 13.6 Å². The maximum Gasteiger partial charge on any atom is 0.194 e. The average molecular weight is 462 g/mol. The first-order chi connectivity index (χ1) is 11.5. The van der Waals surface area contributed by atoms with Gasteiger partial charge in [0.15, 0.2) is 5.96 Å². The third-order valence-electron chi connectivity index (χ3n) is 4.81. The average Bonchev–Trinajstić information content (AvgIpc) is 2.96. The summed E-state index contributed by atoms with van der Waals surface area (Å²) < 4.78 is 2.16. The highest BCUT2D eigenvalue weighted by Crippen LogP contribution is 2.07. The van der Waals surface area contributed by atoms with Crippen LogP contribution in [0, 0.1) is 0 Å². The molecular weight excluding hydrogens is 427 g/mol. The van der Waals surface area contributed by atoms with E-state index in [1.165, 1.54) is 5.69 Å². The lowest BCUT2D eigenvalue weighted by molar-refractivity contribution is 0.122. The SMILES string of the molecule is CCNC(=NCC(C)N1CCN(C)CC1)N(C)Cc1cccn1C.I. The summed E-state index contributed by atoms with van der Waals surface area (Å²) >= 11 is 0. The predicted molar refractivity (Wildman–Crippen MR) is 117 cm³/mol. The molecule has 1 aliphatic rings. The fraction of sp³-hybridized carbons (Fsp3) is 0.722. The molecule has 7 heteroatoms. The number of aromatic nitrogens is 1. The minimum atomic E-state index is 0. The number of piperazine rings is 1. The molecule has 0 aromatic carbocycles. The van der Waals surface area contributed by atoms with E-state index in [9.17, 15) is 0 Å². The van der Waals surface area contributed by atoms with Crippen molar-refractivity contribution in [3.63, 3.8) is 0 Å². The van der Waals surface area contributed by atoms with Crippen molar-refractivity contribution in [3.8, 4) is 0 Å². The van der Waals surface area contributed by atoms with Crippen molar-refractivity contribution >= 4 is 29.9 Å². The summed E-state index contributed by atoms with van der Waals surface area (Å²) in [6.07, 6.45) is 2.09. The summed E-state index contributed by atoms with van der Waals surface area (Å²) in [6.45, 7) is 11.6. The van der Waals surface area contributed by atoms with Crippen molar-refractivity contribution in [1.82, 2.24) is 24.6 Å². The van der Waals surface area contributed by atoms with Crippen LogP contribution in [0.2, 0.25) is 0 Å². The van der Waals surface area contributed by atoms with Gasteiger partial charge in [0.05, 0.1) is 13.1 Å². The van der Waals surface area contributed by atoms with Gasteiger partial charge < -0.3 is 19.7 Å². The molecule has 6 nitrogen and oxygen atoms in total. The van der Waals surface area contributed by atoms with E-state index in [4.69, 9.17) is 4.99 Å². The predicted octanol–water partition coefficient (Wildman–Crippen LogP) is 1.68. The molecule has 0 bridgehead atoms. The molecule has 0 aliphatic carbocycles. The van der Waals surface area contributed by atoms with E-state index in [2.05, 4.69) is 77.9 Å². The monoisotopic (exact) mass is 462 g/mol. The summed E-state index contributed by atoms with van der Waals surface area (Å²) in [5, 5.41) is 3.42. The van der Waals surface area contributed by atoms with E-state index in [0.717, 1.165) is 51.8 Å². The van der Waals surface area contributed by atoms with Crippen LogP contribution < -0.4 is 5.32 Å². The molecule has 1 unspecified atom stereocenters. The molecule has 1 aromatic rings. The molecule has 144 valence electrons. The van der Waals surface area contributed by atoms with Crippen LogP contribution in [0.5, 0.6) is 0 Å². The highest BCUT2D eigenvalue weighted by molar-refractivity contribution is 14.0. The van der Waals surface area contributed by atoms with E-state index >= 15 is 0 Å². The van der Waals surface area contributed by atoms with Crippen molar-refractivity contribution in [2.45, 2.75) is 26.4 Å². The lowest BCUT2D eigenvalue weighted by Crippen LogP contribution is -2.49. The number of rotatable bonds is 6. The molecule has 1 saturated heterocycles. The van der Waals surface area contributed by atoms with Gasteiger partial charge in [-0.25, -0.2) is 0 Å². The minimum Gasteiger partial charge on any atom is -0.357 e. The molecule has 1 atom stereocenters. The zero-order valence-electron chi connectivity index (χ0n) is 16.4. The van der Waals surface area contributed by atoms with Gasteiger partial charge in [0, 0.05) is 64.8 Å². The third-order valence-corrected chi connectivity index (χ3v) is 4.81. The third kappa shape index (κ3) is 6.79. The molecule has 2 heterocycles. The Hall–Kier alpha value is -0.800. The maximum absolute atomic E-state index is 4.88. The van der Waals surface area contributed by atoms with E-state index in [0.29, 0.717) is 6.04 Å². The van der Waals surface area contributed by atoms with Gasteiger partial charge in [-0.2, -0.15) is 0 Å². The van der Waals surface area contributed by atoms with E-state index in [1.807, 2.05) is 0 Å². The maximum atomic E-state index is 4.88. The van der Waals surface area contributed by atoms with Crippen molar-refractivity contribution in [2.24, 2.45) is 12.0 Å². The van der Waals surface area contributed by atoms with Crippen molar-refractivity contribution in [1.29, 1.82) is 0 Å². The topological polar surface area (TPSA) is 39.0 Å². The highest BCUT2D eigenvalue weighted by Gasteiger charge is 2.19. The molecule has 0 saturated carbocycles. The first-order valence-corrected chi connectivity index (χ1v) is 9.03. The second kappa shape index (κ2) is 11.0. The second-order valence-electron chi connectivity index (χ2n) is 6.85. The van der Waals surface area contributed by atoms with Gasteiger partial charge in [0.1, 0.15) is 0 Å². The van der Waals surface area contributed by atoms with Crippen molar-refractivity contribution in [2.75, 3.05) is 53.4 Å². The van der Waals surface area contributed by atoms with E-state index in [-0.39, 0.29) is 24.0 Å². The van der Waals surface area contributed by atoms with Crippen LogP contribution in [0.4, 0.5) is 0 Å². The van der Waals surface area contributed by atoms with Gasteiger partial charge in [0.25, 0.3) is 0 Å². The van der Waals surface area contributed by atoms with Gasteiger partial charge in [-0.1, -0.05) is 0 Å². The number of hydrogen-bond donors (Lipinski definition) is 1. The van der Waals surface area contributed by atoms with Crippen LogP contribution >= 0.6 is 24.0 Å². The fourth-order valence-electron chi connectivity index (χ4n) is 3.05. The summed E-state index contributed by atoms with van der Waals surface area (Å²) in [6, 6.07) is 4.73. The molecule has 1 aliphatic heterocycles. The van der Waals surface area contributed by atoms with Gasteiger partial charge in [0.2, 0.25) is 0 Å². The first-order valence-electron chi connectivity index (χ1n) is 9.03.